The molecule has 1 atom stereocenters. The van der Waals surface area contributed by atoms with E-state index in [0.717, 1.165) is 25.7 Å². The van der Waals surface area contributed by atoms with Crippen molar-refractivity contribution < 1.29 is 14.3 Å². The van der Waals surface area contributed by atoms with E-state index in [1.165, 1.54) is 6.42 Å². The maximum Gasteiger partial charge on any atom is 0.227 e. The number of hydrogen-bond acceptors (Lipinski definition) is 4. The molecule has 0 aromatic rings. The predicted molar refractivity (Wildman–Crippen MR) is 70.3 cm³/mol. The van der Waals surface area contributed by atoms with Crippen LogP contribution in [0.2, 0.25) is 0 Å². The third-order valence-electron chi connectivity index (χ3n) is 3.86. The molecule has 0 aromatic heterocycles. The lowest BCUT2D eigenvalue weighted by Gasteiger charge is -2.35. The van der Waals surface area contributed by atoms with E-state index in [0.29, 0.717) is 19.7 Å². The largest absolute Gasteiger partial charge is 0.382 e. The minimum Gasteiger partial charge on any atom is -0.382 e. The molecule has 1 rings (SSSR count). The Balaban J connectivity index is 2.46. The molecule has 1 fully saturated rings. The maximum atomic E-state index is 12.3. The molecule has 1 saturated carbocycles. The zero-order valence-corrected chi connectivity index (χ0v) is 11.5. The highest BCUT2D eigenvalue weighted by Gasteiger charge is 2.38. The molecule has 5 nitrogen and oxygen atoms in total. The van der Waals surface area contributed by atoms with Gasteiger partial charge in [-0.15, -0.1) is 0 Å². The quantitative estimate of drug-likeness (QED) is 0.704. The first-order valence-corrected chi connectivity index (χ1v) is 6.68. The molecule has 5 heteroatoms. The Morgan fingerprint density at radius 3 is 2.50 bits per heavy atom. The number of hydrogen-bond donors (Lipinski definition) is 2. The van der Waals surface area contributed by atoms with E-state index in [9.17, 15) is 4.79 Å². The first-order chi connectivity index (χ1) is 8.68. The number of nitrogens with one attached hydrogen (secondary N) is 1. The molecule has 1 unspecified atom stereocenters. The van der Waals surface area contributed by atoms with Crippen molar-refractivity contribution in [3.05, 3.63) is 0 Å². The summed E-state index contributed by atoms with van der Waals surface area (Å²) in [5, 5.41) is 2.96. The SMILES string of the molecule is COCC(CNC(=O)C1(CN)CCCCC1)OC. The van der Waals surface area contributed by atoms with Crippen molar-refractivity contribution in [3.8, 4) is 0 Å². The summed E-state index contributed by atoms with van der Waals surface area (Å²) in [5.74, 6) is 0.0721. The Bertz CT molecular complexity index is 253. The molecule has 1 aliphatic rings. The van der Waals surface area contributed by atoms with Crippen molar-refractivity contribution in [2.24, 2.45) is 11.1 Å². The monoisotopic (exact) mass is 258 g/mol. The van der Waals surface area contributed by atoms with Gasteiger partial charge < -0.3 is 20.5 Å². The first kappa shape index (κ1) is 15.4. The average Bonchev–Trinajstić information content (AvgIpc) is 2.43. The highest BCUT2D eigenvalue weighted by molar-refractivity contribution is 5.83. The van der Waals surface area contributed by atoms with Crippen LogP contribution in [0, 0.1) is 5.41 Å². The van der Waals surface area contributed by atoms with E-state index in [4.69, 9.17) is 15.2 Å². The maximum absolute atomic E-state index is 12.3. The molecule has 0 radical (unpaired) electrons. The van der Waals surface area contributed by atoms with Crippen LogP contribution in [0.3, 0.4) is 0 Å². The van der Waals surface area contributed by atoms with Crippen LogP contribution in [-0.4, -0.2) is 45.9 Å². The van der Waals surface area contributed by atoms with E-state index in [1.54, 1.807) is 14.2 Å². The van der Waals surface area contributed by atoms with Gasteiger partial charge in [-0.25, -0.2) is 0 Å². The van der Waals surface area contributed by atoms with Gasteiger partial charge >= 0.3 is 0 Å². The van der Waals surface area contributed by atoms with Crippen LogP contribution in [-0.2, 0) is 14.3 Å². The molecule has 0 bridgehead atoms. The first-order valence-electron chi connectivity index (χ1n) is 6.68. The molecular weight excluding hydrogens is 232 g/mol. The fourth-order valence-electron chi connectivity index (χ4n) is 2.54. The number of ether oxygens (including phenoxy) is 2. The third kappa shape index (κ3) is 3.93. The Labute approximate surface area is 109 Å². The van der Waals surface area contributed by atoms with E-state index in [-0.39, 0.29) is 17.4 Å². The average molecular weight is 258 g/mol. The van der Waals surface area contributed by atoms with Gasteiger partial charge in [0.15, 0.2) is 0 Å². The summed E-state index contributed by atoms with van der Waals surface area (Å²) in [6, 6.07) is 0. The summed E-state index contributed by atoms with van der Waals surface area (Å²) in [7, 11) is 3.24. The standard InChI is InChI=1S/C13H26N2O3/c1-17-9-11(18-2)8-15-12(16)13(10-14)6-4-3-5-7-13/h11H,3-10,14H2,1-2H3,(H,15,16). The summed E-state index contributed by atoms with van der Waals surface area (Å²) < 4.78 is 10.2. The molecule has 0 saturated heterocycles. The van der Waals surface area contributed by atoms with Gasteiger partial charge in [-0.1, -0.05) is 19.3 Å². The van der Waals surface area contributed by atoms with Crippen molar-refractivity contribution >= 4 is 5.91 Å². The summed E-state index contributed by atoms with van der Waals surface area (Å²) in [6.45, 7) is 1.39. The number of carbonyl (C=O) groups is 1. The van der Waals surface area contributed by atoms with Crippen LogP contribution >= 0.6 is 0 Å². The topological polar surface area (TPSA) is 73.6 Å². The minimum absolute atomic E-state index is 0.0721. The van der Waals surface area contributed by atoms with E-state index >= 15 is 0 Å². The highest BCUT2D eigenvalue weighted by Crippen LogP contribution is 2.35. The van der Waals surface area contributed by atoms with Gasteiger partial charge in [-0.2, -0.15) is 0 Å². The fourth-order valence-corrected chi connectivity index (χ4v) is 2.54. The highest BCUT2D eigenvalue weighted by atomic mass is 16.5. The van der Waals surface area contributed by atoms with Crippen molar-refractivity contribution in [1.29, 1.82) is 0 Å². The lowest BCUT2D eigenvalue weighted by Crippen LogP contribution is -2.49. The van der Waals surface area contributed by atoms with Crippen LogP contribution < -0.4 is 11.1 Å². The van der Waals surface area contributed by atoms with Crippen molar-refractivity contribution in [1.82, 2.24) is 5.32 Å². The second-order valence-electron chi connectivity index (χ2n) is 5.07. The predicted octanol–water partition coefficient (Wildman–Crippen LogP) is 0.673. The van der Waals surface area contributed by atoms with Crippen LogP contribution in [0.25, 0.3) is 0 Å². The Kier molecular flexibility index (Phi) is 6.60. The van der Waals surface area contributed by atoms with Gasteiger partial charge in [0.25, 0.3) is 0 Å². The van der Waals surface area contributed by atoms with Crippen molar-refractivity contribution in [2.75, 3.05) is 33.9 Å². The minimum atomic E-state index is -0.358. The van der Waals surface area contributed by atoms with Crippen LogP contribution in [0.1, 0.15) is 32.1 Å². The number of nitrogens with two attached hydrogens (primary N) is 1. The second-order valence-corrected chi connectivity index (χ2v) is 5.07. The summed E-state index contributed by atoms with van der Waals surface area (Å²) >= 11 is 0. The Morgan fingerprint density at radius 1 is 1.33 bits per heavy atom. The van der Waals surface area contributed by atoms with Gasteiger partial charge in [0, 0.05) is 27.3 Å². The number of carbonyl (C=O) groups excluding carboxylic acids is 1. The molecule has 106 valence electrons. The molecule has 18 heavy (non-hydrogen) atoms. The number of amides is 1. The van der Waals surface area contributed by atoms with Gasteiger partial charge in [0.05, 0.1) is 18.1 Å². The molecular formula is C13H26N2O3. The molecule has 3 N–H and O–H groups in total. The Hall–Kier alpha value is -0.650. The molecule has 1 aliphatic carbocycles. The van der Waals surface area contributed by atoms with E-state index in [2.05, 4.69) is 5.32 Å². The zero-order valence-electron chi connectivity index (χ0n) is 11.5. The second kappa shape index (κ2) is 7.71. The molecule has 0 aromatic carbocycles. The van der Waals surface area contributed by atoms with Crippen molar-refractivity contribution in [2.45, 2.75) is 38.2 Å². The number of rotatable bonds is 7. The van der Waals surface area contributed by atoms with Crippen molar-refractivity contribution in [3.63, 3.8) is 0 Å². The van der Waals surface area contributed by atoms with Crippen LogP contribution in [0.5, 0.6) is 0 Å². The molecule has 0 heterocycles. The molecule has 0 aliphatic heterocycles. The van der Waals surface area contributed by atoms with Crippen LogP contribution in [0.15, 0.2) is 0 Å². The lowest BCUT2D eigenvalue weighted by molar-refractivity contribution is -0.133. The van der Waals surface area contributed by atoms with E-state index < -0.39 is 0 Å². The fraction of sp³-hybridized carbons (Fsp3) is 0.923. The summed E-state index contributed by atoms with van der Waals surface area (Å²) in [6.07, 6.45) is 5.10. The van der Waals surface area contributed by atoms with Crippen LogP contribution in [0.4, 0.5) is 0 Å². The smallest absolute Gasteiger partial charge is 0.227 e. The summed E-state index contributed by atoms with van der Waals surface area (Å²) in [5.41, 5.74) is 5.46. The van der Waals surface area contributed by atoms with Gasteiger partial charge in [-0.3, -0.25) is 4.79 Å². The normalized spacial score (nSPS) is 20.4. The summed E-state index contributed by atoms with van der Waals surface area (Å²) in [4.78, 5) is 12.3. The number of methoxy groups -OCH3 is 2. The molecule has 0 spiro atoms. The van der Waals surface area contributed by atoms with Gasteiger partial charge in [0.2, 0.25) is 5.91 Å². The lowest BCUT2D eigenvalue weighted by atomic mass is 9.73. The zero-order chi connectivity index (χ0) is 13.4. The third-order valence-corrected chi connectivity index (χ3v) is 3.86. The Morgan fingerprint density at radius 2 is 2.00 bits per heavy atom. The van der Waals surface area contributed by atoms with Gasteiger partial charge in [0.1, 0.15) is 0 Å². The van der Waals surface area contributed by atoms with E-state index in [1.807, 2.05) is 0 Å². The van der Waals surface area contributed by atoms with Gasteiger partial charge in [-0.05, 0) is 12.8 Å². The molecule has 1 amide bonds.